The molecule has 1 aromatic heterocycles. The van der Waals surface area contributed by atoms with Gasteiger partial charge in [0.2, 0.25) is 5.91 Å². The van der Waals surface area contributed by atoms with E-state index in [4.69, 9.17) is 4.74 Å². The topological polar surface area (TPSA) is 51.2 Å². The number of amides is 1. The summed E-state index contributed by atoms with van der Waals surface area (Å²) in [6.07, 6.45) is 7.81. The molecule has 0 atom stereocenters. The number of carbonyl (C=O) groups excluding carboxylic acids is 1. The SMILES string of the molecule is COc1ccc2ncc(NC(=O)C3(Cc4ccccc4)CCCCC3)cc2c1. The number of hydrogen-bond donors (Lipinski definition) is 1. The largest absolute Gasteiger partial charge is 0.497 e. The third kappa shape index (κ3) is 3.86. The van der Waals surface area contributed by atoms with Crippen LogP contribution in [0.4, 0.5) is 5.69 Å². The first-order valence-electron chi connectivity index (χ1n) is 9.98. The molecular weight excluding hydrogens is 348 g/mol. The number of rotatable bonds is 5. The van der Waals surface area contributed by atoms with Gasteiger partial charge in [0.25, 0.3) is 0 Å². The molecule has 1 aliphatic carbocycles. The van der Waals surface area contributed by atoms with Crippen LogP contribution in [-0.2, 0) is 11.2 Å². The molecule has 28 heavy (non-hydrogen) atoms. The van der Waals surface area contributed by atoms with Crippen LogP contribution in [0.15, 0.2) is 60.8 Å². The van der Waals surface area contributed by atoms with Crippen LogP contribution >= 0.6 is 0 Å². The molecule has 1 amide bonds. The summed E-state index contributed by atoms with van der Waals surface area (Å²) in [5, 5.41) is 4.12. The molecule has 2 aromatic carbocycles. The molecule has 1 heterocycles. The fraction of sp³-hybridized carbons (Fsp3) is 0.333. The monoisotopic (exact) mass is 374 g/mol. The number of nitrogens with zero attached hydrogens (tertiary/aromatic N) is 1. The molecule has 0 radical (unpaired) electrons. The van der Waals surface area contributed by atoms with E-state index < -0.39 is 0 Å². The molecule has 3 aromatic rings. The van der Waals surface area contributed by atoms with Crippen molar-refractivity contribution < 1.29 is 9.53 Å². The van der Waals surface area contributed by atoms with Crippen molar-refractivity contribution in [3.8, 4) is 5.75 Å². The summed E-state index contributed by atoms with van der Waals surface area (Å²) in [4.78, 5) is 17.9. The standard InChI is InChI=1S/C24H26N2O2/c1-28-21-10-11-22-19(15-21)14-20(17-25-22)26-23(27)24(12-6-3-7-13-24)16-18-8-4-2-5-9-18/h2,4-5,8-11,14-15,17H,3,6-7,12-13,16H2,1H3,(H,26,27). The van der Waals surface area contributed by atoms with Crippen molar-refractivity contribution in [1.29, 1.82) is 0 Å². The van der Waals surface area contributed by atoms with Crippen molar-refractivity contribution in [3.05, 3.63) is 66.4 Å². The summed E-state index contributed by atoms with van der Waals surface area (Å²) in [6.45, 7) is 0. The van der Waals surface area contributed by atoms with Crippen LogP contribution in [0.5, 0.6) is 5.75 Å². The summed E-state index contributed by atoms with van der Waals surface area (Å²) < 4.78 is 5.31. The van der Waals surface area contributed by atoms with Gasteiger partial charge in [-0.15, -0.1) is 0 Å². The first-order chi connectivity index (χ1) is 13.7. The van der Waals surface area contributed by atoms with Gasteiger partial charge in [-0.3, -0.25) is 9.78 Å². The maximum atomic E-state index is 13.4. The smallest absolute Gasteiger partial charge is 0.230 e. The second-order valence-electron chi connectivity index (χ2n) is 7.74. The lowest BCUT2D eigenvalue weighted by molar-refractivity contribution is -0.127. The fourth-order valence-corrected chi connectivity index (χ4v) is 4.27. The number of nitrogens with one attached hydrogen (secondary N) is 1. The van der Waals surface area contributed by atoms with E-state index in [9.17, 15) is 4.79 Å². The quantitative estimate of drug-likeness (QED) is 0.653. The van der Waals surface area contributed by atoms with Gasteiger partial charge in [-0.25, -0.2) is 0 Å². The number of hydrogen-bond acceptors (Lipinski definition) is 3. The zero-order valence-electron chi connectivity index (χ0n) is 16.3. The van der Waals surface area contributed by atoms with Gasteiger partial charge in [0.1, 0.15) is 5.75 Å². The van der Waals surface area contributed by atoms with Crippen molar-refractivity contribution in [2.45, 2.75) is 38.5 Å². The minimum absolute atomic E-state index is 0.111. The number of aromatic nitrogens is 1. The lowest BCUT2D eigenvalue weighted by Crippen LogP contribution is -2.40. The molecule has 0 spiro atoms. The fourth-order valence-electron chi connectivity index (χ4n) is 4.27. The highest BCUT2D eigenvalue weighted by atomic mass is 16.5. The number of pyridine rings is 1. The number of benzene rings is 2. The number of ether oxygens (including phenoxy) is 1. The molecule has 1 aliphatic rings. The highest BCUT2D eigenvalue weighted by Crippen LogP contribution is 2.40. The third-order valence-electron chi connectivity index (χ3n) is 5.82. The van der Waals surface area contributed by atoms with Gasteiger partial charge in [-0.1, -0.05) is 49.6 Å². The molecule has 4 heteroatoms. The average molecular weight is 374 g/mol. The normalized spacial score (nSPS) is 15.9. The zero-order valence-corrected chi connectivity index (χ0v) is 16.3. The summed E-state index contributed by atoms with van der Waals surface area (Å²) in [5.41, 5.74) is 2.50. The molecule has 4 nitrogen and oxygen atoms in total. The number of methoxy groups -OCH3 is 1. The van der Waals surface area contributed by atoms with E-state index in [0.717, 1.165) is 54.4 Å². The van der Waals surface area contributed by atoms with Crippen molar-refractivity contribution in [2.75, 3.05) is 12.4 Å². The Morgan fingerprint density at radius 3 is 2.61 bits per heavy atom. The van der Waals surface area contributed by atoms with Crippen LogP contribution < -0.4 is 10.1 Å². The number of anilines is 1. The van der Waals surface area contributed by atoms with Gasteiger partial charge in [0.05, 0.1) is 29.9 Å². The molecule has 0 bridgehead atoms. The van der Waals surface area contributed by atoms with Gasteiger partial charge in [-0.2, -0.15) is 0 Å². The molecule has 1 N–H and O–H groups in total. The molecule has 144 valence electrons. The molecule has 0 unspecified atom stereocenters. The minimum atomic E-state index is -0.344. The highest BCUT2D eigenvalue weighted by molar-refractivity contribution is 5.97. The van der Waals surface area contributed by atoms with Gasteiger partial charge in [0.15, 0.2) is 0 Å². The van der Waals surface area contributed by atoms with Crippen LogP contribution in [0, 0.1) is 5.41 Å². The molecule has 0 aliphatic heterocycles. The Bertz CT molecular complexity index is 963. The van der Waals surface area contributed by atoms with E-state index >= 15 is 0 Å². The van der Waals surface area contributed by atoms with Gasteiger partial charge in [-0.05, 0) is 49.1 Å². The van der Waals surface area contributed by atoms with Gasteiger partial charge < -0.3 is 10.1 Å². The Balaban J connectivity index is 1.59. The lowest BCUT2D eigenvalue weighted by Gasteiger charge is -2.36. The maximum Gasteiger partial charge on any atom is 0.230 e. The Kier molecular flexibility index (Phi) is 5.29. The van der Waals surface area contributed by atoms with Crippen molar-refractivity contribution >= 4 is 22.5 Å². The van der Waals surface area contributed by atoms with Crippen LogP contribution in [0.2, 0.25) is 0 Å². The zero-order chi connectivity index (χ0) is 19.4. The van der Waals surface area contributed by atoms with Gasteiger partial charge in [0, 0.05) is 5.39 Å². The van der Waals surface area contributed by atoms with E-state index in [2.05, 4.69) is 22.4 Å². The van der Waals surface area contributed by atoms with E-state index in [0.29, 0.717) is 0 Å². The Morgan fingerprint density at radius 2 is 1.86 bits per heavy atom. The Labute approximate surface area is 165 Å². The summed E-state index contributed by atoms with van der Waals surface area (Å²) >= 11 is 0. The Morgan fingerprint density at radius 1 is 1.07 bits per heavy atom. The predicted molar refractivity (Wildman–Crippen MR) is 113 cm³/mol. The summed E-state index contributed by atoms with van der Waals surface area (Å²) in [6, 6.07) is 18.1. The first kappa shape index (κ1) is 18.5. The summed E-state index contributed by atoms with van der Waals surface area (Å²) in [7, 11) is 1.65. The average Bonchev–Trinajstić information content (AvgIpc) is 2.74. The highest BCUT2D eigenvalue weighted by Gasteiger charge is 2.39. The van der Waals surface area contributed by atoms with Crippen LogP contribution in [-0.4, -0.2) is 18.0 Å². The first-order valence-corrected chi connectivity index (χ1v) is 9.98. The molecule has 4 rings (SSSR count). The van der Waals surface area contributed by atoms with Crippen LogP contribution in [0.3, 0.4) is 0 Å². The van der Waals surface area contributed by atoms with Crippen molar-refractivity contribution in [2.24, 2.45) is 5.41 Å². The molecule has 1 fully saturated rings. The number of carbonyl (C=O) groups is 1. The predicted octanol–water partition coefficient (Wildman–Crippen LogP) is 5.38. The second kappa shape index (κ2) is 8.01. The van der Waals surface area contributed by atoms with Crippen LogP contribution in [0.1, 0.15) is 37.7 Å². The summed E-state index contributed by atoms with van der Waals surface area (Å²) in [5.74, 6) is 0.894. The number of fused-ring (bicyclic) bond motifs is 1. The van der Waals surface area contributed by atoms with E-state index in [1.165, 1.54) is 12.0 Å². The van der Waals surface area contributed by atoms with Crippen molar-refractivity contribution in [3.63, 3.8) is 0 Å². The lowest BCUT2D eigenvalue weighted by atomic mass is 9.69. The van der Waals surface area contributed by atoms with Gasteiger partial charge >= 0.3 is 0 Å². The molecule has 1 saturated carbocycles. The van der Waals surface area contributed by atoms with E-state index in [1.54, 1.807) is 13.3 Å². The second-order valence-corrected chi connectivity index (χ2v) is 7.74. The molecule has 0 saturated heterocycles. The van der Waals surface area contributed by atoms with E-state index in [1.807, 2.05) is 42.5 Å². The Hall–Kier alpha value is -2.88. The minimum Gasteiger partial charge on any atom is -0.497 e. The third-order valence-corrected chi connectivity index (χ3v) is 5.82. The molecular formula is C24H26N2O2. The van der Waals surface area contributed by atoms with E-state index in [-0.39, 0.29) is 11.3 Å². The van der Waals surface area contributed by atoms with Crippen LogP contribution in [0.25, 0.3) is 10.9 Å². The maximum absolute atomic E-state index is 13.4. The van der Waals surface area contributed by atoms with Crippen molar-refractivity contribution in [1.82, 2.24) is 4.98 Å².